The molecule has 0 aromatic carbocycles. The molecule has 0 aliphatic rings. The number of carbonyl (C=O) groups excluding carboxylic acids is 3. The monoisotopic (exact) mass is 410 g/mol. The van der Waals surface area contributed by atoms with E-state index in [2.05, 4.69) is 20.5 Å². The molecule has 0 bridgehead atoms. The van der Waals surface area contributed by atoms with Crippen molar-refractivity contribution in [1.82, 2.24) is 10.6 Å². The van der Waals surface area contributed by atoms with E-state index in [1.54, 1.807) is 0 Å². The number of nitrogens with one attached hydrogen (secondary N) is 2. The predicted octanol–water partition coefficient (Wildman–Crippen LogP) is 0.957. The highest BCUT2D eigenvalue weighted by molar-refractivity contribution is 14.1. The van der Waals surface area contributed by atoms with Gasteiger partial charge >= 0.3 is 12.1 Å². The highest BCUT2D eigenvalue weighted by Crippen LogP contribution is 1.90. The molecule has 0 aromatic heterocycles. The number of hydrogen-bond donors (Lipinski definition) is 2. The van der Waals surface area contributed by atoms with Gasteiger partial charge in [-0.3, -0.25) is 4.79 Å². The molecule has 0 saturated carbocycles. The molecule has 0 spiro atoms. The van der Waals surface area contributed by atoms with Gasteiger partial charge in [0.1, 0.15) is 12.6 Å². The number of ether oxygens (including phenoxy) is 2. The lowest BCUT2D eigenvalue weighted by atomic mass is 10.3. The Kier molecular flexibility index (Phi) is 11.4. The van der Waals surface area contributed by atoms with Crippen molar-refractivity contribution in [3.63, 3.8) is 0 Å². The molecule has 2 amide bonds. The van der Waals surface area contributed by atoms with Gasteiger partial charge in [-0.2, -0.15) is 0 Å². The fourth-order valence-corrected chi connectivity index (χ4v) is 1.28. The first-order chi connectivity index (χ1) is 10.0. The van der Waals surface area contributed by atoms with E-state index in [0.29, 0.717) is 6.61 Å². The van der Waals surface area contributed by atoms with Crippen LogP contribution in [0.1, 0.15) is 26.7 Å². The fourth-order valence-electron chi connectivity index (χ4n) is 1.12. The molecule has 8 heteroatoms. The molecule has 0 saturated heterocycles. The molecule has 1 atom stereocenters. The van der Waals surface area contributed by atoms with Crippen LogP contribution in [0.2, 0.25) is 0 Å². The number of unbranched alkanes of at least 4 members (excludes halogenated alkanes) is 1. The van der Waals surface area contributed by atoms with Gasteiger partial charge in [-0.25, -0.2) is 9.59 Å². The minimum atomic E-state index is -0.813. The van der Waals surface area contributed by atoms with Crippen molar-refractivity contribution in [2.45, 2.75) is 32.7 Å². The van der Waals surface area contributed by atoms with Crippen LogP contribution in [-0.2, 0) is 19.1 Å². The van der Waals surface area contributed by atoms with Gasteiger partial charge in [0.2, 0.25) is 5.91 Å². The summed E-state index contributed by atoms with van der Waals surface area (Å²) in [7, 11) is 0. The molecular formula is C13H19IN2O5. The zero-order valence-corrected chi connectivity index (χ0v) is 14.2. The third-order valence-electron chi connectivity index (χ3n) is 2.21. The Morgan fingerprint density at radius 3 is 2.62 bits per heavy atom. The van der Waals surface area contributed by atoms with E-state index in [1.165, 1.54) is 6.92 Å². The number of rotatable bonds is 8. The van der Waals surface area contributed by atoms with Crippen LogP contribution in [-0.4, -0.2) is 43.8 Å². The van der Waals surface area contributed by atoms with Gasteiger partial charge in [0.05, 0.1) is 6.61 Å². The summed E-state index contributed by atoms with van der Waals surface area (Å²) in [5.74, 6) is 1.46. The van der Waals surface area contributed by atoms with Crippen LogP contribution in [0.5, 0.6) is 0 Å². The fraction of sp³-hybridized carbons (Fsp3) is 0.615. The molecule has 0 rings (SSSR count). The molecular weight excluding hydrogens is 391 g/mol. The predicted molar refractivity (Wildman–Crippen MR) is 84.6 cm³/mol. The molecule has 0 radical (unpaired) electrons. The second-order valence-corrected chi connectivity index (χ2v) is 4.55. The number of hydrogen-bond acceptors (Lipinski definition) is 5. The van der Waals surface area contributed by atoms with Crippen LogP contribution in [0.25, 0.3) is 0 Å². The molecule has 7 nitrogen and oxygen atoms in total. The van der Waals surface area contributed by atoms with Crippen molar-refractivity contribution in [1.29, 1.82) is 0 Å². The summed E-state index contributed by atoms with van der Waals surface area (Å²) in [5.41, 5.74) is 0. The summed E-state index contributed by atoms with van der Waals surface area (Å²) < 4.78 is 12.2. The molecule has 0 fully saturated rings. The van der Waals surface area contributed by atoms with Crippen molar-refractivity contribution in [2.75, 3.05) is 19.8 Å². The minimum absolute atomic E-state index is 0.0238. The Morgan fingerprint density at radius 2 is 2.00 bits per heavy atom. The zero-order valence-electron chi connectivity index (χ0n) is 12.0. The minimum Gasteiger partial charge on any atom is -0.451 e. The number of amides is 2. The topological polar surface area (TPSA) is 93.7 Å². The normalized spacial score (nSPS) is 10.6. The summed E-state index contributed by atoms with van der Waals surface area (Å²) in [6.45, 7) is 3.47. The van der Waals surface area contributed by atoms with E-state index in [4.69, 9.17) is 9.47 Å². The quantitative estimate of drug-likeness (QED) is 0.269. The highest BCUT2D eigenvalue weighted by atomic mass is 127. The Bertz CT molecular complexity index is 417. The molecule has 0 heterocycles. The SMILES string of the molecule is CCCCOC(=O)NCC(=O)N[C@@H](C)C(=O)OCC#CI. The van der Waals surface area contributed by atoms with Gasteiger partial charge in [0.15, 0.2) is 6.61 Å². The van der Waals surface area contributed by atoms with E-state index in [0.717, 1.165) is 12.8 Å². The zero-order chi connectivity index (χ0) is 16.1. The number of halogens is 1. The van der Waals surface area contributed by atoms with E-state index >= 15 is 0 Å². The number of esters is 1. The van der Waals surface area contributed by atoms with Crippen molar-refractivity contribution in [2.24, 2.45) is 0 Å². The smallest absolute Gasteiger partial charge is 0.407 e. The summed E-state index contributed by atoms with van der Waals surface area (Å²) in [6, 6.07) is -0.813. The van der Waals surface area contributed by atoms with Crippen molar-refractivity contribution in [3.05, 3.63) is 0 Å². The highest BCUT2D eigenvalue weighted by Gasteiger charge is 2.17. The molecule has 0 aromatic rings. The van der Waals surface area contributed by atoms with Crippen LogP contribution >= 0.6 is 22.6 Å². The molecule has 0 aliphatic carbocycles. The number of alkyl carbamates (subject to hydrolysis) is 1. The van der Waals surface area contributed by atoms with Gasteiger partial charge in [-0.05, 0) is 17.3 Å². The van der Waals surface area contributed by atoms with Crippen molar-refractivity contribution in [3.8, 4) is 9.85 Å². The first-order valence-electron chi connectivity index (χ1n) is 6.46. The van der Waals surface area contributed by atoms with Crippen LogP contribution < -0.4 is 10.6 Å². The lowest BCUT2D eigenvalue weighted by Crippen LogP contribution is -2.44. The molecule has 0 unspecified atom stereocenters. The largest absolute Gasteiger partial charge is 0.451 e. The third-order valence-corrected chi connectivity index (χ3v) is 2.59. The van der Waals surface area contributed by atoms with Crippen LogP contribution in [0.4, 0.5) is 4.79 Å². The van der Waals surface area contributed by atoms with Gasteiger partial charge in [0, 0.05) is 22.6 Å². The summed E-state index contributed by atoms with van der Waals surface area (Å²) in [5, 5.41) is 4.68. The van der Waals surface area contributed by atoms with E-state index in [9.17, 15) is 14.4 Å². The van der Waals surface area contributed by atoms with Crippen molar-refractivity contribution < 1.29 is 23.9 Å². The summed E-state index contributed by atoms with van der Waals surface area (Å²) >= 11 is 1.83. The number of carbonyl (C=O) groups is 3. The first kappa shape index (κ1) is 19.5. The van der Waals surface area contributed by atoms with Gasteiger partial charge < -0.3 is 20.1 Å². The van der Waals surface area contributed by atoms with Crippen LogP contribution in [0.15, 0.2) is 0 Å². The Hall–Kier alpha value is -1.50. The van der Waals surface area contributed by atoms with Gasteiger partial charge in [0.25, 0.3) is 0 Å². The summed E-state index contributed by atoms with van der Waals surface area (Å²) in [4.78, 5) is 34.1. The van der Waals surface area contributed by atoms with E-state index < -0.39 is 24.0 Å². The Labute approximate surface area is 137 Å². The maximum atomic E-state index is 11.5. The molecule has 21 heavy (non-hydrogen) atoms. The Morgan fingerprint density at radius 1 is 1.29 bits per heavy atom. The maximum Gasteiger partial charge on any atom is 0.407 e. The second-order valence-electron chi connectivity index (χ2n) is 4.01. The van der Waals surface area contributed by atoms with Crippen LogP contribution in [0.3, 0.4) is 0 Å². The van der Waals surface area contributed by atoms with Gasteiger partial charge in [-0.1, -0.05) is 19.3 Å². The maximum absolute atomic E-state index is 11.5. The molecule has 0 aliphatic heterocycles. The average molecular weight is 410 g/mol. The molecule has 118 valence electrons. The third kappa shape index (κ3) is 10.9. The van der Waals surface area contributed by atoms with Gasteiger partial charge in [-0.15, -0.1) is 0 Å². The second kappa shape index (κ2) is 12.3. The van der Waals surface area contributed by atoms with Crippen LogP contribution in [0, 0.1) is 9.85 Å². The summed E-state index contributed by atoms with van der Waals surface area (Å²) in [6.07, 6.45) is 1.02. The molecule has 2 N–H and O–H groups in total. The standard InChI is InChI=1S/C13H19IN2O5/c1-3-4-7-21-13(19)15-9-11(17)16-10(2)12(18)20-8-5-6-14/h10H,3-4,7-9H2,1-2H3,(H,15,19)(H,16,17)/t10-/m0/s1. The lowest BCUT2D eigenvalue weighted by Gasteiger charge is -2.12. The lowest BCUT2D eigenvalue weighted by molar-refractivity contribution is -0.145. The van der Waals surface area contributed by atoms with E-state index in [1.807, 2.05) is 29.5 Å². The van der Waals surface area contributed by atoms with E-state index in [-0.39, 0.29) is 13.2 Å². The van der Waals surface area contributed by atoms with Crippen molar-refractivity contribution >= 4 is 40.6 Å². The Balaban J connectivity index is 3.88. The first-order valence-corrected chi connectivity index (χ1v) is 7.54. The average Bonchev–Trinajstić information content (AvgIpc) is 2.45.